The van der Waals surface area contributed by atoms with Gasteiger partial charge in [-0.1, -0.05) is 10.4 Å². The summed E-state index contributed by atoms with van der Waals surface area (Å²) in [6.07, 6.45) is 4.65. The van der Waals surface area contributed by atoms with E-state index in [9.17, 15) is 0 Å². The highest BCUT2D eigenvalue weighted by atomic mass is 15.3. The highest BCUT2D eigenvalue weighted by Crippen LogP contribution is 2.34. The van der Waals surface area contributed by atoms with Crippen LogP contribution in [-0.4, -0.2) is 12.1 Å². The average molecular weight is 226 g/mol. The van der Waals surface area contributed by atoms with Gasteiger partial charge in [0.05, 0.1) is 12.1 Å². The van der Waals surface area contributed by atoms with Crippen molar-refractivity contribution in [2.24, 2.45) is 44.2 Å². The lowest BCUT2D eigenvalue weighted by Crippen LogP contribution is -2.26. The van der Waals surface area contributed by atoms with Crippen LogP contribution in [0.15, 0.2) is 20.7 Å². The van der Waals surface area contributed by atoms with E-state index in [1.165, 1.54) is 0 Å². The van der Waals surface area contributed by atoms with Crippen molar-refractivity contribution in [1.29, 1.82) is 0 Å². The number of nitrogens with zero attached hydrogens (tertiary/aromatic N) is 4. The van der Waals surface area contributed by atoms with E-state index in [-0.39, 0.29) is 12.1 Å². The molecule has 1 fully saturated rings. The molecular formula is C10H22N6. The van der Waals surface area contributed by atoms with E-state index in [2.05, 4.69) is 34.5 Å². The van der Waals surface area contributed by atoms with Crippen LogP contribution in [0.3, 0.4) is 0 Å². The van der Waals surface area contributed by atoms with E-state index >= 15 is 0 Å². The summed E-state index contributed by atoms with van der Waals surface area (Å²) < 4.78 is 0. The molecule has 6 heteroatoms. The zero-order valence-corrected chi connectivity index (χ0v) is 10.1. The molecule has 92 valence electrons. The van der Waals surface area contributed by atoms with Crippen molar-refractivity contribution >= 4 is 0 Å². The van der Waals surface area contributed by atoms with Crippen LogP contribution >= 0.6 is 0 Å². The van der Waals surface area contributed by atoms with Crippen LogP contribution in [-0.2, 0) is 0 Å². The van der Waals surface area contributed by atoms with Gasteiger partial charge in [-0.05, 0) is 51.4 Å². The Morgan fingerprint density at radius 1 is 0.812 bits per heavy atom. The lowest BCUT2D eigenvalue weighted by molar-refractivity contribution is 0.225. The predicted octanol–water partition coefficient (Wildman–Crippen LogP) is 2.22. The Labute approximate surface area is 96.5 Å². The first-order valence-corrected chi connectivity index (χ1v) is 5.89. The Hall–Kier alpha value is -1.20. The van der Waals surface area contributed by atoms with Crippen LogP contribution in [0.2, 0.25) is 0 Å². The number of hydrogen-bond donors (Lipinski definition) is 2. The summed E-state index contributed by atoms with van der Waals surface area (Å²) in [7, 11) is 0. The molecule has 0 radical (unpaired) electrons. The second-order valence-electron chi connectivity index (χ2n) is 4.62. The van der Waals surface area contributed by atoms with Gasteiger partial charge in [-0.25, -0.2) is 0 Å². The molecule has 1 aliphatic carbocycles. The fourth-order valence-electron chi connectivity index (χ4n) is 2.51. The smallest absolute Gasteiger partial charge is 0.0729 e. The lowest BCUT2D eigenvalue weighted by atomic mass is 9.77. The van der Waals surface area contributed by atoms with Crippen molar-refractivity contribution in [3.05, 3.63) is 0 Å². The molecule has 0 saturated heterocycles. The Kier molecular flexibility index (Phi) is 5.14. The Bertz CT molecular complexity index is 218. The third kappa shape index (κ3) is 3.43. The monoisotopic (exact) mass is 226 g/mol. The van der Waals surface area contributed by atoms with E-state index in [1.807, 2.05) is 0 Å². The van der Waals surface area contributed by atoms with E-state index in [1.54, 1.807) is 0 Å². The molecule has 16 heavy (non-hydrogen) atoms. The van der Waals surface area contributed by atoms with Gasteiger partial charge in [-0.3, -0.25) is 0 Å². The van der Waals surface area contributed by atoms with E-state index in [4.69, 9.17) is 11.7 Å². The number of nitrogens with two attached hydrogens (primary N) is 2. The lowest BCUT2D eigenvalue weighted by Gasteiger charge is -2.31. The fourth-order valence-corrected chi connectivity index (χ4v) is 2.51. The summed E-state index contributed by atoms with van der Waals surface area (Å²) in [6.45, 7) is 4.15. The molecule has 4 N–H and O–H groups in total. The van der Waals surface area contributed by atoms with Gasteiger partial charge < -0.3 is 11.7 Å². The summed E-state index contributed by atoms with van der Waals surface area (Å²) in [5, 5.41) is 14.7. The van der Waals surface area contributed by atoms with Gasteiger partial charge in [0.2, 0.25) is 0 Å². The number of rotatable bonds is 4. The summed E-state index contributed by atoms with van der Waals surface area (Å²) >= 11 is 0. The molecule has 0 amide bonds. The zero-order valence-electron chi connectivity index (χ0n) is 10.1. The second kappa shape index (κ2) is 6.40. The minimum atomic E-state index is 0.234. The molecule has 0 bridgehead atoms. The van der Waals surface area contributed by atoms with Crippen LogP contribution in [0.25, 0.3) is 0 Å². The minimum Gasteiger partial charge on any atom is -0.305 e. The molecule has 0 heterocycles. The van der Waals surface area contributed by atoms with Gasteiger partial charge in [0.25, 0.3) is 0 Å². The van der Waals surface area contributed by atoms with Gasteiger partial charge in [0.15, 0.2) is 0 Å². The Morgan fingerprint density at radius 2 is 1.12 bits per heavy atom. The standard InChI is InChI=1S/C10H22N6/c1-7(13-15-11)9-3-5-10(6-4-9)8(2)14-16-12/h7-10H,3-6H2,1-2H3,(H2,11,13)(H2,12,14)/t7?,8?,9-,10-. The third-order valence-corrected chi connectivity index (χ3v) is 3.68. The molecule has 0 aromatic rings. The molecule has 6 nitrogen and oxygen atoms in total. The maximum atomic E-state index is 5.07. The molecule has 0 spiro atoms. The first kappa shape index (κ1) is 12.9. The van der Waals surface area contributed by atoms with Crippen molar-refractivity contribution < 1.29 is 0 Å². The summed E-state index contributed by atoms with van der Waals surface area (Å²) in [5.74, 6) is 11.3. The van der Waals surface area contributed by atoms with E-state index < -0.39 is 0 Å². The van der Waals surface area contributed by atoms with Crippen molar-refractivity contribution in [1.82, 2.24) is 0 Å². The molecule has 0 aromatic carbocycles. The first-order valence-electron chi connectivity index (χ1n) is 5.89. The number of hydrogen-bond acceptors (Lipinski definition) is 4. The van der Waals surface area contributed by atoms with Crippen LogP contribution < -0.4 is 11.7 Å². The summed E-state index contributed by atoms with van der Waals surface area (Å²) in [4.78, 5) is 0. The molecule has 2 unspecified atom stereocenters. The molecule has 0 aromatic heterocycles. The quantitative estimate of drug-likeness (QED) is 0.436. The van der Waals surface area contributed by atoms with Gasteiger partial charge in [-0.2, -0.15) is 10.2 Å². The Balaban J connectivity index is 2.39. The van der Waals surface area contributed by atoms with Crippen LogP contribution in [0.1, 0.15) is 39.5 Å². The molecule has 1 aliphatic rings. The minimum absolute atomic E-state index is 0.234. The Morgan fingerprint density at radius 3 is 1.38 bits per heavy atom. The van der Waals surface area contributed by atoms with Gasteiger partial charge in [0, 0.05) is 0 Å². The van der Waals surface area contributed by atoms with Crippen molar-refractivity contribution in [2.45, 2.75) is 51.6 Å². The molecule has 0 aliphatic heterocycles. The van der Waals surface area contributed by atoms with Crippen molar-refractivity contribution in [3.8, 4) is 0 Å². The third-order valence-electron chi connectivity index (χ3n) is 3.68. The van der Waals surface area contributed by atoms with Gasteiger partial charge in [-0.15, -0.1) is 0 Å². The molecular weight excluding hydrogens is 204 g/mol. The van der Waals surface area contributed by atoms with E-state index in [0.29, 0.717) is 11.8 Å². The summed E-state index contributed by atoms with van der Waals surface area (Å²) in [5.41, 5.74) is 0. The largest absolute Gasteiger partial charge is 0.305 e. The highest BCUT2D eigenvalue weighted by molar-refractivity contribution is 4.82. The summed E-state index contributed by atoms with van der Waals surface area (Å²) in [6, 6.07) is 0.467. The molecule has 1 saturated carbocycles. The molecule has 1 rings (SSSR count). The maximum Gasteiger partial charge on any atom is 0.0729 e. The topological polar surface area (TPSA) is 101 Å². The van der Waals surface area contributed by atoms with Crippen LogP contribution in [0.5, 0.6) is 0 Å². The highest BCUT2D eigenvalue weighted by Gasteiger charge is 2.28. The molecule has 2 atom stereocenters. The van der Waals surface area contributed by atoms with Crippen LogP contribution in [0.4, 0.5) is 0 Å². The zero-order chi connectivity index (χ0) is 12.0. The second-order valence-corrected chi connectivity index (χ2v) is 4.62. The predicted molar refractivity (Wildman–Crippen MR) is 62.5 cm³/mol. The van der Waals surface area contributed by atoms with Crippen molar-refractivity contribution in [3.63, 3.8) is 0 Å². The SMILES string of the molecule is CC(N=NN)[C@H]1CC[C@H](C(C)N=NN)CC1. The van der Waals surface area contributed by atoms with E-state index in [0.717, 1.165) is 25.7 Å². The van der Waals surface area contributed by atoms with Crippen molar-refractivity contribution in [2.75, 3.05) is 0 Å². The maximum absolute atomic E-state index is 5.07. The van der Waals surface area contributed by atoms with Crippen LogP contribution in [0, 0.1) is 11.8 Å². The van der Waals surface area contributed by atoms with Gasteiger partial charge >= 0.3 is 0 Å². The average Bonchev–Trinajstić information content (AvgIpc) is 2.30. The normalized spacial score (nSPS) is 30.9. The van der Waals surface area contributed by atoms with Gasteiger partial charge in [0.1, 0.15) is 0 Å². The first-order chi connectivity index (χ1) is 7.69. The fraction of sp³-hybridized carbons (Fsp3) is 1.00.